The van der Waals surface area contributed by atoms with Crippen LogP contribution in [0, 0.1) is 13.8 Å². The van der Waals surface area contributed by atoms with Gasteiger partial charge in [-0.3, -0.25) is 9.59 Å². The molecule has 0 radical (unpaired) electrons. The van der Waals surface area contributed by atoms with E-state index in [1.54, 1.807) is 6.92 Å². The number of aliphatic hydroxyl groups excluding tert-OH is 1. The van der Waals surface area contributed by atoms with E-state index in [2.05, 4.69) is 10.6 Å². The first-order valence-electron chi connectivity index (χ1n) is 6.80. The van der Waals surface area contributed by atoms with E-state index in [4.69, 9.17) is 10.2 Å². The average molecular weight is 294 g/mol. The van der Waals surface area contributed by atoms with Crippen LogP contribution in [0.25, 0.3) is 0 Å². The molecule has 0 heterocycles. The van der Waals surface area contributed by atoms with Crippen LogP contribution >= 0.6 is 0 Å². The second-order valence-corrected chi connectivity index (χ2v) is 5.28. The molecule has 0 aliphatic rings. The number of hydrogen-bond acceptors (Lipinski definition) is 4. The third-order valence-corrected chi connectivity index (χ3v) is 2.85. The summed E-state index contributed by atoms with van der Waals surface area (Å²) in [4.78, 5) is 23.0. The summed E-state index contributed by atoms with van der Waals surface area (Å²) < 4.78 is 0. The molecule has 0 aliphatic carbocycles. The quantitative estimate of drug-likeness (QED) is 0.602. The number of carboxylic acid groups (broad SMARTS) is 1. The minimum absolute atomic E-state index is 0.119. The van der Waals surface area contributed by atoms with Crippen molar-refractivity contribution >= 4 is 17.6 Å². The smallest absolute Gasteiger partial charge is 0.321 e. The lowest BCUT2D eigenvalue weighted by Crippen LogP contribution is -2.42. The first kappa shape index (κ1) is 17.1. The van der Waals surface area contributed by atoms with Gasteiger partial charge in [-0.1, -0.05) is 6.07 Å². The predicted molar refractivity (Wildman–Crippen MR) is 80.3 cm³/mol. The minimum atomic E-state index is -1.12. The molecule has 1 aromatic carbocycles. The van der Waals surface area contributed by atoms with Crippen molar-refractivity contribution in [2.45, 2.75) is 39.3 Å². The highest BCUT2D eigenvalue weighted by molar-refractivity contribution is 5.94. The monoisotopic (exact) mass is 294 g/mol. The van der Waals surface area contributed by atoms with Crippen LogP contribution in [0.1, 0.15) is 24.5 Å². The van der Waals surface area contributed by atoms with Gasteiger partial charge in [0.05, 0.1) is 12.5 Å². The number of aliphatic hydroxyl groups is 1. The second kappa shape index (κ2) is 7.75. The maximum absolute atomic E-state index is 11.9. The van der Waals surface area contributed by atoms with E-state index in [0.29, 0.717) is 5.69 Å². The normalized spacial score (nSPS) is 13.5. The van der Waals surface area contributed by atoms with Crippen LogP contribution in [0.15, 0.2) is 18.2 Å². The third kappa shape index (κ3) is 6.37. The number of carbonyl (C=O) groups excluding carboxylic acids is 1. The van der Waals surface area contributed by atoms with Crippen molar-refractivity contribution in [2.75, 3.05) is 11.9 Å². The Kier molecular flexibility index (Phi) is 6.33. The van der Waals surface area contributed by atoms with E-state index < -0.39 is 18.1 Å². The zero-order chi connectivity index (χ0) is 16.0. The van der Waals surface area contributed by atoms with Crippen LogP contribution in [-0.2, 0) is 9.59 Å². The standard InChI is InChI=1S/C15H22N2O4/c1-9-4-10(2)6-12(5-9)17-14(19)7-13(15(20)21)16-8-11(3)18/h4-6,11,13,16,18H,7-8H2,1-3H3,(H,17,19)(H,20,21). The van der Waals surface area contributed by atoms with Gasteiger partial charge in [0, 0.05) is 12.2 Å². The number of anilines is 1. The number of carbonyl (C=O) groups is 2. The van der Waals surface area contributed by atoms with Crippen molar-refractivity contribution in [1.82, 2.24) is 5.32 Å². The van der Waals surface area contributed by atoms with Gasteiger partial charge in [0.2, 0.25) is 5.91 Å². The molecule has 0 bridgehead atoms. The first-order chi connectivity index (χ1) is 9.77. The molecule has 1 rings (SSSR count). The molecule has 0 aromatic heterocycles. The zero-order valence-electron chi connectivity index (χ0n) is 12.5. The summed E-state index contributed by atoms with van der Waals surface area (Å²) in [5, 5.41) is 23.6. The van der Waals surface area contributed by atoms with Crippen molar-refractivity contribution in [3.63, 3.8) is 0 Å². The summed E-state index contributed by atoms with van der Waals surface area (Å²) in [7, 11) is 0. The summed E-state index contributed by atoms with van der Waals surface area (Å²) in [5.74, 6) is -1.50. The van der Waals surface area contributed by atoms with Gasteiger partial charge in [0.25, 0.3) is 0 Å². The Labute approximate surface area is 124 Å². The number of rotatable bonds is 7. The topological polar surface area (TPSA) is 98.7 Å². The number of aryl methyl sites for hydroxylation is 2. The molecule has 1 aromatic rings. The molecule has 0 spiro atoms. The van der Waals surface area contributed by atoms with E-state index in [1.165, 1.54) is 0 Å². The van der Waals surface area contributed by atoms with E-state index in [9.17, 15) is 9.59 Å². The molecular weight excluding hydrogens is 272 g/mol. The summed E-state index contributed by atoms with van der Waals surface area (Å²) in [6, 6.07) is 4.61. The maximum Gasteiger partial charge on any atom is 0.321 e. The average Bonchev–Trinajstić information content (AvgIpc) is 2.32. The fourth-order valence-electron chi connectivity index (χ4n) is 2.00. The molecule has 116 valence electrons. The lowest BCUT2D eigenvalue weighted by molar-refractivity contribution is -0.141. The summed E-state index contributed by atoms with van der Waals surface area (Å²) in [6.07, 6.45) is -0.871. The highest BCUT2D eigenvalue weighted by Gasteiger charge is 2.21. The fourth-order valence-corrected chi connectivity index (χ4v) is 2.00. The minimum Gasteiger partial charge on any atom is -0.480 e. The van der Waals surface area contributed by atoms with E-state index in [-0.39, 0.29) is 18.9 Å². The van der Waals surface area contributed by atoms with Gasteiger partial charge in [-0.05, 0) is 44.0 Å². The lowest BCUT2D eigenvalue weighted by atomic mass is 10.1. The fraction of sp³-hybridized carbons (Fsp3) is 0.467. The molecule has 0 saturated carbocycles. The molecule has 6 nitrogen and oxygen atoms in total. The maximum atomic E-state index is 11.9. The van der Waals surface area contributed by atoms with Crippen molar-refractivity contribution in [1.29, 1.82) is 0 Å². The van der Waals surface area contributed by atoms with Crippen LogP contribution in [-0.4, -0.2) is 40.8 Å². The third-order valence-electron chi connectivity index (χ3n) is 2.85. The summed E-state index contributed by atoms with van der Waals surface area (Å²) >= 11 is 0. The van der Waals surface area contributed by atoms with Crippen molar-refractivity contribution < 1.29 is 19.8 Å². The van der Waals surface area contributed by atoms with Crippen LogP contribution < -0.4 is 10.6 Å². The molecule has 0 saturated heterocycles. The summed E-state index contributed by atoms with van der Waals surface area (Å²) in [6.45, 7) is 5.51. The molecule has 4 N–H and O–H groups in total. The first-order valence-corrected chi connectivity index (χ1v) is 6.80. The molecular formula is C15H22N2O4. The van der Waals surface area contributed by atoms with Crippen molar-refractivity contribution in [3.05, 3.63) is 29.3 Å². The number of benzene rings is 1. The number of carboxylic acids is 1. The number of hydrogen-bond donors (Lipinski definition) is 4. The SMILES string of the molecule is Cc1cc(C)cc(NC(=O)CC(NCC(C)O)C(=O)O)c1. The largest absolute Gasteiger partial charge is 0.480 e. The Balaban J connectivity index is 2.63. The van der Waals surface area contributed by atoms with Gasteiger partial charge in [-0.25, -0.2) is 0 Å². The van der Waals surface area contributed by atoms with Gasteiger partial charge in [0.15, 0.2) is 0 Å². The Morgan fingerprint density at radius 3 is 2.24 bits per heavy atom. The lowest BCUT2D eigenvalue weighted by Gasteiger charge is -2.15. The Bertz CT molecular complexity index is 494. The van der Waals surface area contributed by atoms with E-state index >= 15 is 0 Å². The van der Waals surface area contributed by atoms with Gasteiger partial charge in [-0.2, -0.15) is 0 Å². The zero-order valence-corrected chi connectivity index (χ0v) is 12.5. The van der Waals surface area contributed by atoms with E-state index in [0.717, 1.165) is 11.1 Å². The molecule has 0 aliphatic heterocycles. The van der Waals surface area contributed by atoms with Crippen LogP contribution in [0.2, 0.25) is 0 Å². The van der Waals surface area contributed by atoms with Gasteiger partial charge >= 0.3 is 5.97 Å². The molecule has 2 atom stereocenters. The Hall–Kier alpha value is -1.92. The summed E-state index contributed by atoms with van der Waals surface area (Å²) in [5.41, 5.74) is 2.69. The highest BCUT2D eigenvalue weighted by Crippen LogP contribution is 2.14. The molecule has 6 heteroatoms. The van der Waals surface area contributed by atoms with Gasteiger partial charge in [-0.15, -0.1) is 0 Å². The van der Waals surface area contributed by atoms with Crippen molar-refractivity contribution in [2.24, 2.45) is 0 Å². The number of amides is 1. The molecule has 0 fully saturated rings. The number of nitrogens with one attached hydrogen (secondary N) is 2. The van der Waals surface area contributed by atoms with Crippen LogP contribution in [0.3, 0.4) is 0 Å². The van der Waals surface area contributed by atoms with Gasteiger partial charge < -0.3 is 20.8 Å². The van der Waals surface area contributed by atoms with E-state index in [1.807, 2.05) is 32.0 Å². The second-order valence-electron chi connectivity index (χ2n) is 5.28. The molecule has 21 heavy (non-hydrogen) atoms. The molecule has 1 amide bonds. The van der Waals surface area contributed by atoms with Gasteiger partial charge in [0.1, 0.15) is 6.04 Å². The predicted octanol–water partition coefficient (Wildman–Crippen LogP) is 1.06. The Morgan fingerprint density at radius 1 is 1.19 bits per heavy atom. The Morgan fingerprint density at radius 2 is 1.76 bits per heavy atom. The highest BCUT2D eigenvalue weighted by atomic mass is 16.4. The van der Waals surface area contributed by atoms with Crippen molar-refractivity contribution in [3.8, 4) is 0 Å². The molecule has 2 unspecified atom stereocenters. The van der Waals surface area contributed by atoms with Crippen LogP contribution in [0.4, 0.5) is 5.69 Å². The number of aliphatic carboxylic acids is 1. The van der Waals surface area contributed by atoms with Crippen LogP contribution in [0.5, 0.6) is 0 Å².